The second-order valence-electron chi connectivity index (χ2n) is 8.32. The van der Waals surface area contributed by atoms with Crippen molar-refractivity contribution in [3.63, 3.8) is 0 Å². The van der Waals surface area contributed by atoms with Crippen LogP contribution in [0, 0.1) is 0 Å². The van der Waals surface area contributed by atoms with E-state index < -0.39 is 0 Å². The van der Waals surface area contributed by atoms with Crippen molar-refractivity contribution in [3.05, 3.63) is 57.3 Å². The van der Waals surface area contributed by atoms with Crippen LogP contribution < -0.4 is 21.5 Å². The zero-order chi connectivity index (χ0) is 24.2. The van der Waals surface area contributed by atoms with Crippen molar-refractivity contribution >= 4 is 43.8 Å². The number of aromatic nitrogens is 2. The van der Waals surface area contributed by atoms with Crippen molar-refractivity contribution in [1.29, 1.82) is 0 Å². The van der Waals surface area contributed by atoms with Crippen LogP contribution in [0.5, 0.6) is 0 Å². The average molecular weight is 510 g/mol. The van der Waals surface area contributed by atoms with Gasteiger partial charge in [-0.2, -0.15) is 0 Å². The number of aromatic amines is 1. The van der Waals surface area contributed by atoms with E-state index in [0.29, 0.717) is 19.6 Å². The van der Waals surface area contributed by atoms with Gasteiger partial charge in [0, 0.05) is 55.9 Å². The minimum atomic E-state index is -0.119. The van der Waals surface area contributed by atoms with Gasteiger partial charge in [0.2, 0.25) is 11.5 Å². The van der Waals surface area contributed by atoms with Crippen LogP contribution in [0.15, 0.2) is 41.3 Å². The number of thiophene rings is 1. The Morgan fingerprint density at radius 1 is 1.17 bits per heavy atom. The van der Waals surface area contributed by atoms with Gasteiger partial charge in [-0.3, -0.25) is 9.59 Å². The molecule has 0 radical (unpaired) electrons. The van der Waals surface area contributed by atoms with Crippen molar-refractivity contribution in [2.45, 2.75) is 19.4 Å². The van der Waals surface area contributed by atoms with Crippen LogP contribution in [0.4, 0.5) is 5.00 Å². The highest BCUT2D eigenvalue weighted by Crippen LogP contribution is 2.45. The lowest BCUT2D eigenvalue weighted by molar-refractivity contribution is -0.116. The summed E-state index contributed by atoms with van der Waals surface area (Å²) < 4.78 is 6.10. The number of methoxy groups -OCH3 is 1. The summed E-state index contributed by atoms with van der Waals surface area (Å²) in [6, 6.07) is 9.49. The van der Waals surface area contributed by atoms with Crippen LogP contribution in [-0.2, 0) is 22.5 Å². The van der Waals surface area contributed by atoms with Gasteiger partial charge < -0.3 is 25.7 Å². The molecule has 1 aliphatic heterocycles. The van der Waals surface area contributed by atoms with Gasteiger partial charge in [-0.05, 0) is 47.9 Å². The molecule has 8 nitrogen and oxygen atoms in total. The summed E-state index contributed by atoms with van der Waals surface area (Å²) in [6.07, 6.45) is 3.03. The topological polar surface area (TPSA) is 108 Å². The van der Waals surface area contributed by atoms with Gasteiger partial charge in [0.05, 0.1) is 16.8 Å². The molecule has 4 aromatic rings. The third kappa shape index (κ3) is 5.36. The lowest BCUT2D eigenvalue weighted by Gasteiger charge is -2.13. The molecule has 3 aromatic heterocycles. The average Bonchev–Trinajstić information content (AvgIpc) is 3.44. The summed E-state index contributed by atoms with van der Waals surface area (Å²) >= 11 is 3.28. The molecule has 0 fully saturated rings. The van der Waals surface area contributed by atoms with Crippen LogP contribution in [0.1, 0.15) is 16.9 Å². The van der Waals surface area contributed by atoms with E-state index in [4.69, 9.17) is 9.72 Å². The summed E-state index contributed by atoms with van der Waals surface area (Å²) in [6.45, 7) is 3.67. The number of fused-ring (bicyclic) bond motifs is 2. The predicted molar refractivity (Wildman–Crippen MR) is 142 cm³/mol. The van der Waals surface area contributed by atoms with E-state index in [0.717, 1.165) is 63.0 Å². The normalized spacial score (nSPS) is 13.2. The first-order valence-corrected chi connectivity index (χ1v) is 13.2. The third-order valence-corrected chi connectivity index (χ3v) is 8.10. The number of nitrogens with one attached hydrogen (secondary N) is 4. The smallest absolute Gasteiger partial charge is 0.247 e. The fraction of sp³-hybridized carbons (Fsp3) is 0.320. The van der Waals surface area contributed by atoms with Crippen molar-refractivity contribution in [1.82, 2.24) is 20.6 Å². The zero-order valence-corrected chi connectivity index (χ0v) is 21.0. The van der Waals surface area contributed by atoms with Gasteiger partial charge in [0.1, 0.15) is 10.0 Å². The number of amides is 1. The Kier molecular flexibility index (Phi) is 7.35. The number of anilines is 1. The molecule has 182 valence electrons. The number of carbonyl (C=O) groups is 1. The summed E-state index contributed by atoms with van der Waals surface area (Å²) in [7, 11) is 1.66. The Morgan fingerprint density at radius 2 is 2.06 bits per heavy atom. The summed E-state index contributed by atoms with van der Waals surface area (Å²) in [4.78, 5) is 33.1. The molecule has 0 atom stereocenters. The van der Waals surface area contributed by atoms with Crippen LogP contribution in [0.25, 0.3) is 31.9 Å². The Bertz CT molecular complexity index is 1390. The number of rotatable bonds is 9. The first-order chi connectivity index (χ1) is 17.1. The monoisotopic (exact) mass is 509 g/mol. The van der Waals surface area contributed by atoms with Crippen LogP contribution in [0.3, 0.4) is 0 Å². The second-order valence-corrected chi connectivity index (χ2v) is 10.5. The van der Waals surface area contributed by atoms with Crippen LogP contribution >= 0.6 is 22.7 Å². The highest BCUT2D eigenvalue weighted by Gasteiger charge is 2.25. The van der Waals surface area contributed by atoms with Gasteiger partial charge >= 0.3 is 0 Å². The highest BCUT2D eigenvalue weighted by molar-refractivity contribution is 7.23. The molecule has 10 heteroatoms. The molecule has 0 spiro atoms. The molecule has 4 heterocycles. The van der Waals surface area contributed by atoms with E-state index in [9.17, 15) is 9.59 Å². The lowest BCUT2D eigenvalue weighted by atomic mass is 10.0. The molecule has 0 bridgehead atoms. The largest absolute Gasteiger partial charge is 0.383 e. The number of benzene rings is 1. The Balaban J connectivity index is 1.43. The van der Waals surface area contributed by atoms with Gasteiger partial charge in [0.15, 0.2) is 0 Å². The molecular formula is C25H27N5O3S2. The van der Waals surface area contributed by atoms with Crippen LogP contribution in [-0.4, -0.2) is 49.2 Å². The maximum Gasteiger partial charge on any atom is 0.247 e. The van der Waals surface area contributed by atoms with Gasteiger partial charge in [0.25, 0.3) is 0 Å². The third-order valence-electron chi connectivity index (χ3n) is 5.91. The number of nitrogens with zero attached hydrogens (tertiary/aromatic N) is 1. The Hall–Kier alpha value is -2.89. The Labute approximate surface area is 210 Å². The quantitative estimate of drug-likeness (QED) is 0.257. The van der Waals surface area contributed by atoms with E-state index in [2.05, 4.69) is 27.0 Å². The number of ether oxygens (including phenoxy) is 1. The van der Waals surface area contributed by atoms with E-state index in [1.807, 2.05) is 18.2 Å². The van der Waals surface area contributed by atoms with E-state index >= 15 is 0 Å². The van der Waals surface area contributed by atoms with Gasteiger partial charge in [-0.15, -0.1) is 22.7 Å². The van der Waals surface area contributed by atoms with Gasteiger partial charge in [-0.1, -0.05) is 6.07 Å². The van der Waals surface area contributed by atoms with E-state index in [-0.39, 0.29) is 11.5 Å². The minimum Gasteiger partial charge on any atom is -0.383 e. The lowest BCUT2D eigenvalue weighted by Crippen LogP contribution is -2.24. The molecule has 5 rings (SSSR count). The first kappa shape index (κ1) is 23.8. The molecule has 0 saturated carbocycles. The fourth-order valence-electron chi connectivity index (χ4n) is 4.14. The van der Waals surface area contributed by atoms with Crippen molar-refractivity contribution < 1.29 is 9.53 Å². The summed E-state index contributed by atoms with van der Waals surface area (Å²) in [5.74, 6) is -0.0100. The van der Waals surface area contributed by atoms with E-state index in [1.54, 1.807) is 36.0 Å². The minimum absolute atomic E-state index is 0.0100. The van der Waals surface area contributed by atoms with Crippen LogP contribution in [0.2, 0.25) is 0 Å². The molecular weight excluding hydrogens is 482 g/mol. The number of hydrogen-bond acceptors (Lipinski definition) is 8. The molecule has 1 amide bonds. The number of H-pyrrole nitrogens is 1. The number of hydrogen-bond donors (Lipinski definition) is 4. The van der Waals surface area contributed by atoms with Crippen molar-refractivity contribution in [2.75, 3.05) is 38.7 Å². The maximum absolute atomic E-state index is 12.7. The molecule has 0 unspecified atom stereocenters. The SMILES string of the molecule is COCCNCCC(=O)Nc1sc2c(c1-c1nc3ccc(-c4ccc(=O)[nH]c4)cc3s1)CCNC2. The number of thiazole rings is 1. The standard InChI is InChI=1S/C25H27N5O3S2/c1-33-11-10-26-9-7-22(32)30-25-23(17-6-8-27-14-20(17)35-25)24-29-18-4-2-15(12-19(18)34-24)16-3-5-21(31)28-13-16/h2-5,12-13,26-27H,6-11,14H2,1H3,(H,28,31)(H,30,32). The van der Waals surface area contributed by atoms with E-state index in [1.165, 1.54) is 16.5 Å². The maximum atomic E-state index is 12.7. The molecule has 0 aliphatic carbocycles. The molecule has 4 N–H and O–H groups in total. The fourth-order valence-corrected chi connectivity index (χ4v) is 6.52. The summed E-state index contributed by atoms with van der Waals surface area (Å²) in [5, 5.41) is 11.6. The number of carbonyl (C=O) groups excluding carboxylic acids is 1. The van der Waals surface area contributed by atoms with Crippen molar-refractivity contribution in [2.24, 2.45) is 0 Å². The molecule has 1 aromatic carbocycles. The summed E-state index contributed by atoms with van der Waals surface area (Å²) in [5.41, 5.74) is 5.11. The molecule has 0 saturated heterocycles. The predicted octanol–water partition coefficient (Wildman–Crippen LogP) is 3.59. The molecule has 1 aliphatic rings. The Morgan fingerprint density at radius 3 is 2.89 bits per heavy atom. The van der Waals surface area contributed by atoms with Crippen molar-refractivity contribution in [3.8, 4) is 21.7 Å². The van der Waals surface area contributed by atoms with Gasteiger partial charge in [-0.25, -0.2) is 4.98 Å². The first-order valence-electron chi connectivity index (χ1n) is 11.6. The number of pyridine rings is 1. The highest BCUT2D eigenvalue weighted by atomic mass is 32.1. The second kappa shape index (κ2) is 10.8. The molecule has 35 heavy (non-hydrogen) atoms. The zero-order valence-electron chi connectivity index (χ0n) is 19.4.